The van der Waals surface area contributed by atoms with Gasteiger partial charge in [0, 0.05) is 5.57 Å². The molecule has 0 unspecified atom stereocenters. The first-order valence-corrected chi connectivity index (χ1v) is 3.82. The number of allylic oxidation sites excluding steroid dienone is 1. The third-order valence-corrected chi connectivity index (χ3v) is 1.70. The van der Waals surface area contributed by atoms with E-state index in [1.165, 1.54) is 7.11 Å². The van der Waals surface area contributed by atoms with Crippen molar-refractivity contribution >= 4 is 5.97 Å². The molecule has 0 saturated heterocycles. The van der Waals surface area contributed by atoms with Gasteiger partial charge in [-0.2, -0.15) is 0 Å². The Labute approximate surface area is 73.9 Å². The van der Waals surface area contributed by atoms with Crippen molar-refractivity contribution in [2.45, 2.75) is 20.3 Å². The highest BCUT2D eigenvalue weighted by atomic mass is 16.5. The average molecular weight is 168 g/mol. The molecule has 0 N–H and O–H groups in total. The Balaban J connectivity index is 4.18. The topological polar surface area (TPSA) is 26.3 Å². The number of hydrogen-bond donors (Lipinski definition) is 0. The van der Waals surface area contributed by atoms with E-state index >= 15 is 0 Å². The lowest BCUT2D eigenvalue weighted by molar-refractivity contribution is -0.136. The standard InChI is InChI=1S/C10H16O2/c1-6-10(3,4)7-8(2)9(11)12-5/h6H,1-2,7H2,3-5H3. The Morgan fingerprint density at radius 3 is 2.42 bits per heavy atom. The Morgan fingerprint density at radius 2 is 2.08 bits per heavy atom. The van der Waals surface area contributed by atoms with Crippen LogP contribution in [0.4, 0.5) is 0 Å². The van der Waals surface area contributed by atoms with E-state index in [-0.39, 0.29) is 11.4 Å². The fourth-order valence-corrected chi connectivity index (χ4v) is 0.839. The van der Waals surface area contributed by atoms with Gasteiger partial charge in [0.05, 0.1) is 7.11 Å². The van der Waals surface area contributed by atoms with Crippen LogP contribution in [-0.4, -0.2) is 13.1 Å². The predicted molar refractivity (Wildman–Crippen MR) is 49.8 cm³/mol. The molecule has 0 aliphatic heterocycles. The molecule has 0 saturated carbocycles. The van der Waals surface area contributed by atoms with Crippen molar-refractivity contribution in [2.75, 3.05) is 7.11 Å². The van der Waals surface area contributed by atoms with Gasteiger partial charge in [-0.15, -0.1) is 6.58 Å². The minimum Gasteiger partial charge on any atom is -0.466 e. The lowest BCUT2D eigenvalue weighted by atomic mass is 9.86. The van der Waals surface area contributed by atoms with Gasteiger partial charge < -0.3 is 4.74 Å². The van der Waals surface area contributed by atoms with E-state index in [9.17, 15) is 4.79 Å². The SMILES string of the molecule is C=CC(C)(C)CC(=C)C(=O)OC. The fraction of sp³-hybridized carbons (Fsp3) is 0.500. The summed E-state index contributed by atoms with van der Waals surface area (Å²) in [6.45, 7) is 11.3. The van der Waals surface area contributed by atoms with Gasteiger partial charge in [-0.05, 0) is 11.8 Å². The molecule has 0 heterocycles. The van der Waals surface area contributed by atoms with Crippen molar-refractivity contribution in [2.24, 2.45) is 5.41 Å². The van der Waals surface area contributed by atoms with E-state index in [0.717, 1.165) is 0 Å². The predicted octanol–water partition coefficient (Wildman–Crippen LogP) is 2.32. The van der Waals surface area contributed by atoms with Crippen LogP contribution in [0, 0.1) is 5.41 Å². The van der Waals surface area contributed by atoms with E-state index in [0.29, 0.717) is 12.0 Å². The van der Waals surface area contributed by atoms with Crippen molar-refractivity contribution in [1.29, 1.82) is 0 Å². The summed E-state index contributed by atoms with van der Waals surface area (Å²) in [6, 6.07) is 0. The first kappa shape index (κ1) is 11.0. The van der Waals surface area contributed by atoms with Gasteiger partial charge in [-0.25, -0.2) is 4.79 Å². The van der Waals surface area contributed by atoms with Crippen LogP contribution in [-0.2, 0) is 9.53 Å². The summed E-state index contributed by atoms with van der Waals surface area (Å²) in [7, 11) is 1.36. The van der Waals surface area contributed by atoms with Crippen LogP contribution in [0.3, 0.4) is 0 Å². The summed E-state index contributed by atoms with van der Waals surface area (Å²) in [5.74, 6) is -0.343. The Bertz CT molecular complexity index is 202. The maximum Gasteiger partial charge on any atom is 0.333 e. The van der Waals surface area contributed by atoms with Crippen molar-refractivity contribution in [3.05, 3.63) is 24.8 Å². The minimum atomic E-state index is -0.343. The smallest absolute Gasteiger partial charge is 0.333 e. The highest BCUT2D eigenvalue weighted by Gasteiger charge is 2.18. The summed E-state index contributed by atoms with van der Waals surface area (Å²) in [4.78, 5) is 10.9. The average Bonchev–Trinajstić information content (AvgIpc) is 2.02. The molecule has 0 atom stereocenters. The van der Waals surface area contributed by atoms with Gasteiger partial charge in [-0.3, -0.25) is 0 Å². The second-order valence-electron chi connectivity index (χ2n) is 3.46. The zero-order chi connectivity index (χ0) is 9.78. The molecule has 0 aromatic heterocycles. The Morgan fingerprint density at radius 1 is 1.58 bits per heavy atom. The van der Waals surface area contributed by atoms with Crippen LogP contribution >= 0.6 is 0 Å². The molecular formula is C10H16O2. The number of carbonyl (C=O) groups is 1. The van der Waals surface area contributed by atoms with Crippen LogP contribution < -0.4 is 0 Å². The molecule has 0 fully saturated rings. The summed E-state index contributed by atoms with van der Waals surface area (Å²) in [6.07, 6.45) is 2.39. The molecule has 12 heavy (non-hydrogen) atoms. The first-order valence-electron chi connectivity index (χ1n) is 3.82. The van der Waals surface area contributed by atoms with Crippen LogP contribution in [0.15, 0.2) is 24.8 Å². The van der Waals surface area contributed by atoms with Gasteiger partial charge in [0.15, 0.2) is 0 Å². The molecule has 0 spiro atoms. The maximum absolute atomic E-state index is 10.9. The van der Waals surface area contributed by atoms with Crippen LogP contribution in [0.1, 0.15) is 20.3 Å². The zero-order valence-corrected chi connectivity index (χ0v) is 8.02. The third-order valence-electron chi connectivity index (χ3n) is 1.70. The van der Waals surface area contributed by atoms with Crippen LogP contribution in [0.5, 0.6) is 0 Å². The lowest BCUT2D eigenvalue weighted by Crippen LogP contribution is -2.13. The van der Waals surface area contributed by atoms with Crippen molar-refractivity contribution in [3.63, 3.8) is 0 Å². The minimum absolute atomic E-state index is 0.0920. The van der Waals surface area contributed by atoms with Gasteiger partial charge in [0.1, 0.15) is 0 Å². The lowest BCUT2D eigenvalue weighted by Gasteiger charge is -2.19. The fourth-order valence-electron chi connectivity index (χ4n) is 0.839. The largest absolute Gasteiger partial charge is 0.466 e. The molecule has 0 aromatic rings. The van der Waals surface area contributed by atoms with Gasteiger partial charge >= 0.3 is 5.97 Å². The van der Waals surface area contributed by atoms with Crippen molar-refractivity contribution < 1.29 is 9.53 Å². The molecule has 0 aliphatic rings. The molecule has 0 bridgehead atoms. The van der Waals surface area contributed by atoms with E-state index < -0.39 is 0 Å². The number of rotatable bonds is 4. The highest BCUT2D eigenvalue weighted by Crippen LogP contribution is 2.25. The van der Waals surface area contributed by atoms with Gasteiger partial charge in [0.25, 0.3) is 0 Å². The number of ether oxygens (including phenoxy) is 1. The molecule has 0 aliphatic carbocycles. The summed E-state index contributed by atoms with van der Waals surface area (Å²) < 4.78 is 4.53. The monoisotopic (exact) mass is 168 g/mol. The highest BCUT2D eigenvalue weighted by molar-refractivity contribution is 5.87. The Hall–Kier alpha value is -1.05. The molecule has 0 rings (SSSR count). The van der Waals surface area contributed by atoms with E-state index in [1.807, 2.05) is 13.8 Å². The number of carbonyl (C=O) groups excluding carboxylic acids is 1. The number of esters is 1. The summed E-state index contributed by atoms with van der Waals surface area (Å²) in [5, 5.41) is 0. The number of hydrogen-bond acceptors (Lipinski definition) is 2. The van der Waals surface area contributed by atoms with Gasteiger partial charge in [0.2, 0.25) is 0 Å². The first-order chi connectivity index (χ1) is 5.43. The van der Waals surface area contributed by atoms with Crippen molar-refractivity contribution in [3.8, 4) is 0 Å². The quantitative estimate of drug-likeness (QED) is 0.366. The molecule has 0 aromatic carbocycles. The zero-order valence-electron chi connectivity index (χ0n) is 8.02. The maximum atomic E-state index is 10.9. The molecule has 0 radical (unpaired) electrons. The normalized spacial score (nSPS) is 10.6. The third kappa shape index (κ3) is 3.37. The summed E-state index contributed by atoms with van der Waals surface area (Å²) in [5.41, 5.74) is 0.396. The molecule has 2 nitrogen and oxygen atoms in total. The van der Waals surface area contributed by atoms with E-state index in [2.05, 4.69) is 17.9 Å². The van der Waals surface area contributed by atoms with Crippen LogP contribution in [0.25, 0.3) is 0 Å². The summed E-state index contributed by atoms with van der Waals surface area (Å²) >= 11 is 0. The number of methoxy groups -OCH3 is 1. The molecule has 0 amide bonds. The second-order valence-corrected chi connectivity index (χ2v) is 3.46. The van der Waals surface area contributed by atoms with Crippen LogP contribution in [0.2, 0.25) is 0 Å². The van der Waals surface area contributed by atoms with Crippen molar-refractivity contribution in [1.82, 2.24) is 0 Å². The molecule has 68 valence electrons. The molecular weight excluding hydrogens is 152 g/mol. The second kappa shape index (κ2) is 4.10. The Kier molecular flexibility index (Phi) is 3.74. The van der Waals surface area contributed by atoms with E-state index in [1.54, 1.807) is 6.08 Å². The van der Waals surface area contributed by atoms with Gasteiger partial charge in [-0.1, -0.05) is 26.5 Å². The van der Waals surface area contributed by atoms with E-state index in [4.69, 9.17) is 0 Å². The molecule has 2 heteroatoms.